The van der Waals surface area contributed by atoms with Crippen molar-refractivity contribution in [2.75, 3.05) is 19.6 Å². The SMILES string of the molecule is Cl.NCCCNCCC(c1ccncc1)c1cn(C2CCCCC2)c2ccccc12. The first-order chi connectivity index (χ1) is 14.4. The molecule has 5 heteroatoms. The topological polar surface area (TPSA) is 55.9 Å². The Balaban J connectivity index is 0.00000256. The Kier molecular flexibility index (Phi) is 8.74. The molecule has 30 heavy (non-hydrogen) atoms. The number of nitrogens with two attached hydrogens (primary N) is 1. The minimum Gasteiger partial charge on any atom is -0.344 e. The Morgan fingerprint density at radius 1 is 1.03 bits per heavy atom. The van der Waals surface area contributed by atoms with Crippen LogP contribution in [0.4, 0.5) is 0 Å². The summed E-state index contributed by atoms with van der Waals surface area (Å²) in [7, 11) is 0. The fourth-order valence-corrected chi connectivity index (χ4v) is 4.87. The summed E-state index contributed by atoms with van der Waals surface area (Å²) in [6.45, 7) is 2.73. The van der Waals surface area contributed by atoms with Crippen LogP contribution in [0.3, 0.4) is 0 Å². The van der Waals surface area contributed by atoms with Gasteiger partial charge in [0, 0.05) is 41.5 Å². The molecule has 0 saturated heterocycles. The molecule has 1 atom stereocenters. The van der Waals surface area contributed by atoms with Crippen LogP contribution in [-0.4, -0.2) is 29.2 Å². The molecule has 4 nitrogen and oxygen atoms in total. The summed E-state index contributed by atoms with van der Waals surface area (Å²) in [6, 6.07) is 14.0. The number of nitrogens with zero attached hydrogens (tertiary/aromatic N) is 2. The van der Waals surface area contributed by atoms with E-state index in [0.717, 1.165) is 32.5 Å². The molecule has 4 rings (SSSR count). The van der Waals surface area contributed by atoms with Gasteiger partial charge in [-0.05, 0) is 74.6 Å². The first-order valence-corrected chi connectivity index (χ1v) is 11.3. The third-order valence-electron chi connectivity index (χ3n) is 6.39. The van der Waals surface area contributed by atoms with E-state index in [1.54, 1.807) is 0 Å². The van der Waals surface area contributed by atoms with Gasteiger partial charge < -0.3 is 15.6 Å². The second-order valence-corrected chi connectivity index (χ2v) is 8.31. The average molecular weight is 427 g/mol. The molecular formula is C25H35ClN4. The van der Waals surface area contributed by atoms with Gasteiger partial charge in [-0.3, -0.25) is 4.98 Å². The van der Waals surface area contributed by atoms with E-state index in [0.29, 0.717) is 12.0 Å². The number of para-hydroxylation sites is 1. The smallest absolute Gasteiger partial charge is 0.0485 e. The fraction of sp³-hybridized carbons (Fsp3) is 0.480. The normalized spacial score (nSPS) is 15.8. The summed E-state index contributed by atoms with van der Waals surface area (Å²) in [6.07, 6.45) is 15.1. The molecule has 1 fully saturated rings. The van der Waals surface area contributed by atoms with Crippen molar-refractivity contribution in [3.8, 4) is 0 Å². The van der Waals surface area contributed by atoms with Crippen LogP contribution >= 0.6 is 12.4 Å². The molecule has 1 aliphatic carbocycles. The summed E-state index contributed by atoms with van der Waals surface area (Å²) in [5, 5.41) is 4.98. The fourth-order valence-electron chi connectivity index (χ4n) is 4.87. The van der Waals surface area contributed by atoms with Gasteiger partial charge >= 0.3 is 0 Å². The highest BCUT2D eigenvalue weighted by molar-refractivity contribution is 5.85. The van der Waals surface area contributed by atoms with Crippen molar-refractivity contribution in [3.05, 3.63) is 66.1 Å². The summed E-state index contributed by atoms with van der Waals surface area (Å²) in [5.41, 5.74) is 9.84. The quantitative estimate of drug-likeness (QED) is 0.449. The van der Waals surface area contributed by atoms with E-state index in [-0.39, 0.29) is 12.4 Å². The lowest BCUT2D eigenvalue weighted by atomic mass is 9.89. The minimum atomic E-state index is 0. The van der Waals surface area contributed by atoms with Gasteiger partial charge in [-0.1, -0.05) is 37.5 Å². The first kappa shape index (κ1) is 22.8. The van der Waals surface area contributed by atoms with E-state index in [4.69, 9.17) is 5.73 Å². The Labute approximate surface area is 186 Å². The zero-order chi connectivity index (χ0) is 19.9. The Bertz CT molecular complexity index is 887. The van der Waals surface area contributed by atoms with Crippen molar-refractivity contribution in [3.63, 3.8) is 0 Å². The number of aromatic nitrogens is 2. The number of nitrogens with one attached hydrogen (secondary N) is 1. The number of hydrogen-bond acceptors (Lipinski definition) is 3. The van der Waals surface area contributed by atoms with E-state index >= 15 is 0 Å². The first-order valence-electron chi connectivity index (χ1n) is 11.3. The molecular weight excluding hydrogens is 392 g/mol. The number of pyridine rings is 1. The van der Waals surface area contributed by atoms with Crippen LogP contribution in [0, 0.1) is 0 Å². The molecule has 0 amide bonds. The van der Waals surface area contributed by atoms with Crippen molar-refractivity contribution in [1.29, 1.82) is 0 Å². The predicted molar refractivity (Wildman–Crippen MR) is 129 cm³/mol. The minimum absolute atomic E-state index is 0. The molecule has 1 aromatic carbocycles. The van der Waals surface area contributed by atoms with E-state index in [9.17, 15) is 0 Å². The molecule has 3 N–H and O–H groups in total. The van der Waals surface area contributed by atoms with Crippen molar-refractivity contribution < 1.29 is 0 Å². The largest absolute Gasteiger partial charge is 0.344 e. The van der Waals surface area contributed by atoms with Crippen LogP contribution in [0.1, 0.15) is 68.0 Å². The standard InChI is InChI=1S/C25H34N4.ClH/c26-14-6-15-27-18-13-22(20-11-16-28-17-12-20)24-19-29(21-7-2-1-3-8-21)25-10-5-4-9-23(24)25;/h4-5,9-12,16-17,19,21-22,27H,1-3,6-8,13-15,18,26H2;1H. The van der Waals surface area contributed by atoms with Crippen molar-refractivity contribution in [2.24, 2.45) is 5.73 Å². The van der Waals surface area contributed by atoms with Gasteiger partial charge in [0.1, 0.15) is 0 Å². The van der Waals surface area contributed by atoms with Gasteiger partial charge in [0.05, 0.1) is 0 Å². The molecule has 2 aromatic heterocycles. The summed E-state index contributed by atoms with van der Waals surface area (Å²) >= 11 is 0. The number of hydrogen-bond donors (Lipinski definition) is 2. The van der Waals surface area contributed by atoms with Crippen molar-refractivity contribution >= 4 is 23.3 Å². The highest BCUT2D eigenvalue weighted by Crippen LogP contribution is 2.38. The number of rotatable bonds is 9. The molecule has 162 valence electrons. The highest BCUT2D eigenvalue weighted by Gasteiger charge is 2.23. The van der Waals surface area contributed by atoms with Crippen LogP contribution in [0.5, 0.6) is 0 Å². The van der Waals surface area contributed by atoms with Crippen LogP contribution < -0.4 is 11.1 Å². The third-order valence-corrected chi connectivity index (χ3v) is 6.39. The molecule has 3 aromatic rings. The van der Waals surface area contributed by atoms with Crippen molar-refractivity contribution in [1.82, 2.24) is 14.9 Å². The maximum Gasteiger partial charge on any atom is 0.0485 e. The van der Waals surface area contributed by atoms with Gasteiger partial charge in [0.15, 0.2) is 0 Å². The number of halogens is 1. The maximum absolute atomic E-state index is 5.64. The predicted octanol–water partition coefficient (Wildman–Crippen LogP) is 5.42. The van der Waals surface area contributed by atoms with Crippen LogP contribution in [-0.2, 0) is 0 Å². The Hall–Kier alpha value is -1.88. The molecule has 2 heterocycles. The van der Waals surface area contributed by atoms with Crippen LogP contribution in [0.25, 0.3) is 10.9 Å². The molecule has 0 aliphatic heterocycles. The lowest BCUT2D eigenvalue weighted by Crippen LogP contribution is -2.21. The number of benzene rings is 1. The van der Waals surface area contributed by atoms with Gasteiger partial charge in [-0.25, -0.2) is 0 Å². The second-order valence-electron chi connectivity index (χ2n) is 8.31. The second kappa shape index (κ2) is 11.5. The Morgan fingerprint density at radius 2 is 1.80 bits per heavy atom. The molecule has 1 unspecified atom stereocenters. The summed E-state index contributed by atoms with van der Waals surface area (Å²) in [5.74, 6) is 0.373. The molecule has 1 saturated carbocycles. The zero-order valence-corrected chi connectivity index (χ0v) is 18.6. The van der Waals surface area contributed by atoms with Gasteiger partial charge in [0.2, 0.25) is 0 Å². The lowest BCUT2D eigenvalue weighted by Gasteiger charge is -2.24. The van der Waals surface area contributed by atoms with Crippen LogP contribution in [0.15, 0.2) is 55.0 Å². The lowest BCUT2D eigenvalue weighted by molar-refractivity contribution is 0.360. The molecule has 0 bridgehead atoms. The van der Waals surface area contributed by atoms with E-state index in [2.05, 4.69) is 57.5 Å². The highest BCUT2D eigenvalue weighted by atomic mass is 35.5. The third kappa shape index (κ3) is 5.23. The van der Waals surface area contributed by atoms with Gasteiger partial charge in [0.25, 0.3) is 0 Å². The van der Waals surface area contributed by atoms with E-state index < -0.39 is 0 Å². The van der Waals surface area contributed by atoms with Crippen molar-refractivity contribution in [2.45, 2.75) is 56.9 Å². The van der Waals surface area contributed by atoms with Crippen LogP contribution in [0.2, 0.25) is 0 Å². The van der Waals surface area contributed by atoms with Gasteiger partial charge in [-0.15, -0.1) is 12.4 Å². The van der Waals surface area contributed by atoms with E-state index in [1.807, 2.05) is 12.4 Å². The summed E-state index contributed by atoms with van der Waals surface area (Å²) in [4.78, 5) is 4.25. The Morgan fingerprint density at radius 3 is 2.57 bits per heavy atom. The molecule has 1 aliphatic rings. The zero-order valence-electron chi connectivity index (χ0n) is 17.8. The number of fused-ring (bicyclic) bond motifs is 1. The monoisotopic (exact) mass is 426 g/mol. The van der Waals surface area contributed by atoms with E-state index in [1.165, 1.54) is 54.1 Å². The molecule has 0 spiro atoms. The molecule has 0 radical (unpaired) electrons. The summed E-state index contributed by atoms with van der Waals surface area (Å²) < 4.78 is 2.58. The van der Waals surface area contributed by atoms with Gasteiger partial charge in [-0.2, -0.15) is 0 Å². The average Bonchev–Trinajstić information content (AvgIpc) is 3.17. The maximum atomic E-state index is 5.64.